The van der Waals surface area contributed by atoms with Crippen LogP contribution in [0.2, 0.25) is 0 Å². The number of sulfonamides is 1. The van der Waals surface area contributed by atoms with E-state index in [1.807, 2.05) is 6.92 Å². The molecular formula is C18H21NO5S. The monoisotopic (exact) mass is 363 g/mol. The second-order valence-corrected chi connectivity index (χ2v) is 7.11. The second-order valence-electron chi connectivity index (χ2n) is 5.25. The summed E-state index contributed by atoms with van der Waals surface area (Å²) in [4.78, 5) is 11.9. The number of nitrogens with zero attached hydrogens (tertiary/aromatic N) is 1. The molecule has 0 aliphatic heterocycles. The standard InChI is InChI=1S/C18H21NO5S/c1-3-12-24-16-9-7-8-15(13-16)19(14-18(20)23-2)25(21,22)17-10-5-4-6-11-17/h4-11,13H,3,12,14H2,1-2H3. The molecule has 0 N–H and O–H groups in total. The minimum atomic E-state index is -3.92. The molecule has 2 aromatic rings. The number of methoxy groups -OCH3 is 1. The van der Waals surface area contributed by atoms with Crippen molar-refractivity contribution in [2.45, 2.75) is 18.2 Å². The van der Waals surface area contributed by atoms with E-state index >= 15 is 0 Å². The third kappa shape index (κ3) is 4.73. The minimum Gasteiger partial charge on any atom is -0.494 e. The first-order valence-electron chi connectivity index (χ1n) is 7.86. The summed E-state index contributed by atoms with van der Waals surface area (Å²) in [6.45, 7) is 2.07. The Hall–Kier alpha value is -2.54. The zero-order chi connectivity index (χ0) is 18.3. The Bertz CT molecular complexity index is 805. The van der Waals surface area contributed by atoms with Crippen molar-refractivity contribution in [3.05, 3.63) is 54.6 Å². The molecule has 0 amide bonds. The van der Waals surface area contributed by atoms with E-state index in [0.29, 0.717) is 18.0 Å². The highest BCUT2D eigenvalue weighted by molar-refractivity contribution is 7.92. The van der Waals surface area contributed by atoms with Crippen LogP contribution in [0.25, 0.3) is 0 Å². The van der Waals surface area contributed by atoms with Crippen LogP contribution >= 0.6 is 0 Å². The maximum atomic E-state index is 13.0. The zero-order valence-electron chi connectivity index (χ0n) is 14.2. The van der Waals surface area contributed by atoms with Gasteiger partial charge in [-0.3, -0.25) is 9.10 Å². The van der Waals surface area contributed by atoms with Crippen LogP contribution in [-0.2, 0) is 19.6 Å². The maximum absolute atomic E-state index is 13.0. The number of hydrogen-bond acceptors (Lipinski definition) is 5. The van der Waals surface area contributed by atoms with Gasteiger partial charge in [0.15, 0.2) is 0 Å². The minimum absolute atomic E-state index is 0.0961. The molecule has 0 unspecified atom stereocenters. The van der Waals surface area contributed by atoms with Gasteiger partial charge in [-0.05, 0) is 30.7 Å². The number of anilines is 1. The van der Waals surface area contributed by atoms with Gasteiger partial charge in [0.1, 0.15) is 12.3 Å². The van der Waals surface area contributed by atoms with Crippen molar-refractivity contribution in [2.75, 3.05) is 24.6 Å². The fraction of sp³-hybridized carbons (Fsp3) is 0.278. The highest BCUT2D eigenvalue weighted by atomic mass is 32.2. The number of esters is 1. The molecule has 0 aliphatic rings. The van der Waals surface area contributed by atoms with Crippen molar-refractivity contribution in [3.63, 3.8) is 0 Å². The van der Waals surface area contributed by atoms with Gasteiger partial charge in [0, 0.05) is 6.07 Å². The summed E-state index contributed by atoms with van der Waals surface area (Å²) in [6, 6.07) is 14.6. The molecule has 0 atom stereocenters. The molecule has 0 aliphatic carbocycles. The van der Waals surface area contributed by atoms with Crippen LogP contribution in [0.15, 0.2) is 59.5 Å². The molecule has 0 saturated heterocycles. The number of carbonyl (C=O) groups is 1. The largest absolute Gasteiger partial charge is 0.494 e. The number of benzene rings is 2. The molecule has 0 fully saturated rings. The van der Waals surface area contributed by atoms with E-state index in [1.54, 1.807) is 42.5 Å². The molecule has 0 spiro atoms. The summed E-state index contributed by atoms with van der Waals surface area (Å²) in [5.74, 6) is -0.114. The molecule has 134 valence electrons. The summed E-state index contributed by atoms with van der Waals surface area (Å²) >= 11 is 0. The van der Waals surface area contributed by atoms with Gasteiger partial charge in [-0.1, -0.05) is 31.2 Å². The molecule has 0 bridgehead atoms. The van der Waals surface area contributed by atoms with Gasteiger partial charge in [-0.2, -0.15) is 0 Å². The Morgan fingerprint density at radius 3 is 2.44 bits per heavy atom. The van der Waals surface area contributed by atoms with Gasteiger partial charge >= 0.3 is 5.97 Å². The normalized spacial score (nSPS) is 11.0. The Kier molecular flexibility index (Phi) is 6.41. The Balaban J connectivity index is 2.45. The third-order valence-corrected chi connectivity index (χ3v) is 5.20. The first kappa shape index (κ1) is 18.8. The molecule has 0 radical (unpaired) electrons. The van der Waals surface area contributed by atoms with Gasteiger partial charge in [0.25, 0.3) is 10.0 Å². The van der Waals surface area contributed by atoms with Gasteiger partial charge < -0.3 is 9.47 Å². The lowest BCUT2D eigenvalue weighted by Gasteiger charge is -2.23. The summed E-state index contributed by atoms with van der Waals surface area (Å²) in [5, 5.41) is 0. The fourth-order valence-corrected chi connectivity index (χ4v) is 3.59. The summed E-state index contributed by atoms with van der Waals surface area (Å²) in [5.41, 5.74) is 0.336. The highest BCUT2D eigenvalue weighted by Gasteiger charge is 2.27. The lowest BCUT2D eigenvalue weighted by Crippen LogP contribution is -2.36. The molecule has 6 nitrogen and oxygen atoms in total. The average molecular weight is 363 g/mol. The van der Waals surface area contributed by atoms with E-state index in [1.165, 1.54) is 19.2 Å². The van der Waals surface area contributed by atoms with Crippen molar-refractivity contribution in [1.29, 1.82) is 0 Å². The van der Waals surface area contributed by atoms with Crippen molar-refractivity contribution in [2.24, 2.45) is 0 Å². The predicted molar refractivity (Wildman–Crippen MR) is 95.2 cm³/mol. The third-order valence-electron chi connectivity index (χ3n) is 3.41. The molecule has 7 heteroatoms. The van der Waals surface area contributed by atoms with Gasteiger partial charge in [-0.25, -0.2) is 8.42 Å². The van der Waals surface area contributed by atoms with Crippen LogP contribution in [-0.4, -0.2) is 34.6 Å². The van der Waals surface area contributed by atoms with Gasteiger partial charge in [0.2, 0.25) is 0 Å². The van der Waals surface area contributed by atoms with E-state index in [4.69, 9.17) is 4.74 Å². The van der Waals surface area contributed by atoms with Crippen molar-refractivity contribution in [1.82, 2.24) is 0 Å². The van der Waals surface area contributed by atoms with E-state index in [9.17, 15) is 13.2 Å². The lowest BCUT2D eigenvalue weighted by atomic mass is 10.3. The van der Waals surface area contributed by atoms with Crippen molar-refractivity contribution < 1.29 is 22.7 Å². The van der Waals surface area contributed by atoms with Crippen molar-refractivity contribution in [3.8, 4) is 5.75 Å². The number of hydrogen-bond donors (Lipinski definition) is 0. The topological polar surface area (TPSA) is 72.9 Å². The van der Waals surface area contributed by atoms with E-state index in [-0.39, 0.29) is 4.90 Å². The molecular weight excluding hydrogens is 342 g/mol. The van der Waals surface area contributed by atoms with Crippen LogP contribution in [0.5, 0.6) is 5.75 Å². The zero-order valence-corrected chi connectivity index (χ0v) is 15.0. The van der Waals surface area contributed by atoms with E-state index in [0.717, 1.165) is 10.7 Å². The fourth-order valence-electron chi connectivity index (χ4n) is 2.16. The Morgan fingerprint density at radius 1 is 1.08 bits per heavy atom. The van der Waals surface area contributed by atoms with Crippen LogP contribution in [0.4, 0.5) is 5.69 Å². The molecule has 0 saturated carbocycles. The number of rotatable bonds is 8. The smallest absolute Gasteiger partial charge is 0.326 e. The average Bonchev–Trinajstić information content (AvgIpc) is 2.65. The molecule has 0 heterocycles. The summed E-state index contributed by atoms with van der Waals surface area (Å²) in [7, 11) is -2.70. The van der Waals surface area contributed by atoms with Crippen LogP contribution < -0.4 is 9.04 Å². The first-order chi connectivity index (χ1) is 12.0. The lowest BCUT2D eigenvalue weighted by molar-refractivity contribution is -0.138. The quantitative estimate of drug-likeness (QED) is 0.674. The summed E-state index contributed by atoms with van der Waals surface area (Å²) < 4.78 is 37.2. The molecule has 2 rings (SSSR count). The van der Waals surface area contributed by atoms with Gasteiger partial charge in [0.05, 0.1) is 24.3 Å². The van der Waals surface area contributed by atoms with E-state index in [2.05, 4.69) is 4.74 Å². The summed E-state index contributed by atoms with van der Waals surface area (Å²) in [6.07, 6.45) is 0.832. The number of carbonyl (C=O) groups excluding carboxylic acids is 1. The Labute approximate surface area is 148 Å². The molecule has 25 heavy (non-hydrogen) atoms. The SMILES string of the molecule is CCCOc1cccc(N(CC(=O)OC)S(=O)(=O)c2ccccc2)c1. The predicted octanol–water partition coefficient (Wildman–Crippen LogP) is 2.84. The van der Waals surface area contributed by atoms with Crippen LogP contribution in [0, 0.1) is 0 Å². The van der Waals surface area contributed by atoms with E-state index < -0.39 is 22.5 Å². The molecule has 2 aromatic carbocycles. The number of ether oxygens (including phenoxy) is 2. The van der Waals surface area contributed by atoms with Crippen LogP contribution in [0.1, 0.15) is 13.3 Å². The van der Waals surface area contributed by atoms with Gasteiger partial charge in [-0.15, -0.1) is 0 Å². The maximum Gasteiger partial charge on any atom is 0.326 e. The highest BCUT2D eigenvalue weighted by Crippen LogP contribution is 2.27. The van der Waals surface area contributed by atoms with Crippen molar-refractivity contribution >= 4 is 21.7 Å². The Morgan fingerprint density at radius 2 is 1.80 bits per heavy atom. The van der Waals surface area contributed by atoms with Crippen LogP contribution in [0.3, 0.4) is 0 Å². The molecule has 0 aromatic heterocycles. The second kappa shape index (κ2) is 8.53. The first-order valence-corrected chi connectivity index (χ1v) is 9.30.